The highest BCUT2D eigenvalue weighted by atomic mass is 32.2. The second kappa shape index (κ2) is 4.54. The standard InChI is InChI=1S/C13H15NO4S/c1-9(14-11-4-5-19(15,16)7-11)10-2-3-12-13(6-10)18-8-17-12/h2-6,9,11,14H,7-8H2,1H3. The third-order valence-electron chi connectivity index (χ3n) is 3.29. The Morgan fingerprint density at radius 1 is 1.32 bits per heavy atom. The molecule has 1 aromatic rings. The summed E-state index contributed by atoms with van der Waals surface area (Å²) >= 11 is 0. The van der Waals surface area contributed by atoms with Gasteiger partial charge in [0.15, 0.2) is 21.3 Å². The molecule has 0 bridgehead atoms. The van der Waals surface area contributed by atoms with Crippen molar-refractivity contribution in [3.05, 3.63) is 35.2 Å². The second-order valence-electron chi connectivity index (χ2n) is 4.77. The van der Waals surface area contributed by atoms with E-state index in [9.17, 15) is 8.42 Å². The highest BCUT2D eigenvalue weighted by Gasteiger charge is 2.23. The van der Waals surface area contributed by atoms with Crippen molar-refractivity contribution in [2.24, 2.45) is 0 Å². The molecule has 0 aromatic heterocycles. The van der Waals surface area contributed by atoms with Crippen LogP contribution in [0.25, 0.3) is 0 Å². The largest absolute Gasteiger partial charge is 0.454 e. The molecule has 2 atom stereocenters. The van der Waals surface area contributed by atoms with Gasteiger partial charge in [-0.2, -0.15) is 0 Å². The SMILES string of the molecule is CC(NC1C=CS(=O)(=O)C1)c1ccc2c(c1)OCO2. The number of hydrogen-bond donors (Lipinski definition) is 1. The van der Waals surface area contributed by atoms with E-state index in [1.807, 2.05) is 25.1 Å². The lowest BCUT2D eigenvalue weighted by Crippen LogP contribution is -2.32. The smallest absolute Gasteiger partial charge is 0.231 e. The molecule has 2 aliphatic heterocycles. The van der Waals surface area contributed by atoms with Crippen molar-refractivity contribution in [3.8, 4) is 11.5 Å². The summed E-state index contributed by atoms with van der Waals surface area (Å²) in [5, 5.41) is 4.55. The molecule has 0 aliphatic carbocycles. The Morgan fingerprint density at radius 3 is 2.84 bits per heavy atom. The van der Waals surface area contributed by atoms with E-state index in [1.54, 1.807) is 6.08 Å². The van der Waals surface area contributed by atoms with E-state index in [0.29, 0.717) is 0 Å². The number of sulfone groups is 1. The Morgan fingerprint density at radius 2 is 2.11 bits per heavy atom. The molecule has 1 N–H and O–H groups in total. The van der Waals surface area contributed by atoms with Crippen molar-refractivity contribution >= 4 is 9.84 Å². The monoisotopic (exact) mass is 281 g/mol. The van der Waals surface area contributed by atoms with E-state index >= 15 is 0 Å². The van der Waals surface area contributed by atoms with Crippen molar-refractivity contribution in [1.82, 2.24) is 5.32 Å². The summed E-state index contributed by atoms with van der Waals surface area (Å²) in [5.41, 5.74) is 1.04. The molecule has 0 spiro atoms. The number of rotatable bonds is 3. The Hall–Kier alpha value is -1.53. The molecule has 2 aliphatic rings. The van der Waals surface area contributed by atoms with Crippen LogP contribution in [0.4, 0.5) is 0 Å². The van der Waals surface area contributed by atoms with Crippen LogP contribution in [0.3, 0.4) is 0 Å². The fourth-order valence-corrected chi connectivity index (χ4v) is 3.53. The molecule has 6 heteroatoms. The molecule has 2 heterocycles. The van der Waals surface area contributed by atoms with E-state index in [-0.39, 0.29) is 24.6 Å². The maximum Gasteiger partial charge on any atom is 0.231 e. The van der Waals surface area contributed by atoms with E-state index in [2.05, 4.69) is 5.32 Å². The van der Waals surface area contributed by atoms with Crippen LogP contribution in [-0.4, -0.2) is 27.0 Å². The number of ether oxygens (including phenoxy) is 2. The molecule has 0 fully saturated rings. The molecule has 0 radical (unpaired) electrons. The van der Waals surface area contributed by atoms with Crippen LogP contribution >= 0.6 is 0 Å². The molecule has 0 saturated heterocycles. The average Bonchev–Trinajstić information content (AvgIpc) is 2.94. The molecule has 2 unspecified atom stereocenters. The van der Waals surface area contributed by atoms with E-state index in [0.717, 1.165) is 17.1 Å². The van der Waals surface area contributed by atoms with Crippen LogP contribution < -0.4 is 14.8 Å². The summed E-state index contributed by atoms with van der Waals surface area (Å²) in [7, 11) is -3.02. The Balaban J connectivity index is 1.71. The van der Waals surface area contributed by atoms with Gasteiger partial charge in [0.05, 0.1) is 5.75 Å². The minimum absolute atomic E-state index is 0.0393. The van der Waals surface area contributed by atoms with Crippen molar-refractivity contribution in [1.29, 1.82) is 0 Å². The predicted molar refractivity (Wildman–Crippen MR) is 70.8 cm³/mol. The lowest BCUT2D eigenvalue weighted by molar-refractivity contribution is 0.174. The van der Waals surface area contributed by atoms with Crippen LogP contribution in [0.5, 0.6) is 11.5 Å². The molecule has 5 nitrogen and oxygen atoms in total. The second-order valence-corrected chi connectivity index (χ2v) is 6.70. The average molecular weight is 281 g/mol. The zero-order chi connectivity index (χ0) is 13.5. The molecule has 0 saturated carbocycles. The zero-order valence-corrected chi connectivity index (χ0v) is 11.3. The fraction of sp³-hybridized carbons (Fsp3) is 0.385. The lowest BCUT2D eigenvalue weighted by Gasteiger charge is -2.18. The van der Waals surface area contributed by atoms with Gasteiger partial charge in [-0.3, -0.25) is 0 Å². The van der Waals surface area contributed by atoms with E-state index in [1.165, 1.54) is 5.41 Å². The first kappa shape index (κ1) is 12.5. The van der Waals surface area contributed by atoms with Gasteiger partial charge in [-0.15, -0.1) is 0 Å². The number of hydrogen-bond acceptors (Lipinski definition) is 5. The van der Waals surface area contributed by atoms with Crippen molar-refractivity contribution in [2.45, 2.75) is 19.0 Å². The molecular formula is C13H15NO4S. The van der Waals surface area contributed by atoms with Gasteiger partial charge in [-0.05, 0) is 24.6 Å². The van der Waals surface area contributed by atoms with Crippen LogP contribution in [-0.2, 0) is 9.84 Å². The van der Waals surface area contributed by atoms with Crippen LogP contribution in [0.1, 0.15) is 18.5 Å². The van der Waals surface area contributed by atoms with Crippen molar-refractivity contribution in [2.75, 3.05) is 12.5 Å². The molecular weight excluding hydrogens is 266 g/mol. The third-order valence-corrected chi connectivity index (χ3v) is 4.69. The maximum atomic E-state index is 11.3. The topological polar surface area (TPSA) is 64.6 Å². The van der Waals surface area contributed by atoms with Gasteiger partial charge in [0, 0.05) is 17.5 Å². The third kappa shape index (κ3) is 2.59. The van der Waals surface area contributed by atoms with E-state index in [4.69, 9.17) is 9.47 Å². The van der Waals surface area contributed by atoms with Crippen LogP contribution in [0.15, 0.2) is 29.7 Å². The normalized spacial score (nSPS) is 24.6. The van der Waals surface area contributed by atoms with Gasteiger partial charge >= 0.3 is 0 Å². The number of nitrogens with one attached hydrogen (secondary N) is 1. The van der Waals surface area contributed by atoms with Crippen molar-refractivity contribution in [3.63, 3.8) is 0 Å². The van der Waals surface area contributed by atoms with E-state index < -0.39 is 9.84 Å². The summed E-state index contributed by atoms with van der Waals surface area (Å²) in [6, 6.07) is 5.66. The minimum atomic E-state index is -3.02. The maximum absolute atomic E-state index is 11.3. The quantitative estimate of drug-likeness (QED) is 0.906. The number of fused-ring (bicyclic) bond motifs is 1. The zero-order valence-electron chi connectivity index (χ0n) is 10.5. The first-order valence-electron chi connectivity index (χ1n) is 6.10. The van der Waals surface area contributed by atoms with Gasteiger partial charge in [-0.25, -0.2) is 8.42 Å². The minimum Gasteiger partial charge on any atom is -0.454 e. The first-order valence-corrected chi connectivity index (χ1v) is 7.82. The van der Waals surface area contributed by atoms with Gasteiger partial charge in [0.1, 0.15) is 0 Å². The van der Waals surface area contributed by atoms with Crippen LogP contribution in [0, 0.1) is 0 Å². The summed E-state index contributed by atoms with van der Waals surface area (Å²) in [4.78, 5) is 0. The summed E-state index contributed by atoms with van der Waals surface area (Å²) in [5.74, 6) is 1.61. The van der Waals surface area contributed by atoms with Crippen molar-refractivity contribution < 1.29 is 17.9 Å². The highest BCUT2D eigenvalue weighted by molar-refractivity contribution is 7.94. The lowest BCUT2D eigenvalue weighted by atomic mass is 10.1. The van der Waals surface area contributed by atoms with Gasteiger partial charge < -0.3 is 14.8 Å². The molecule has 0 amide bonds. The summed E-state index contributed by atoms with van der Waals surface area (Å²) in [6.07, 6.45) is 1.69. The van der Waals surface area contributed by atoms with Crippen LogP contribution in [0.2, 0.25) is 0 Å². The van der Waals surface area contributed by atoms with Gasteiger partial charge in [-0.1, -0.05) is 12.1 Å². The molecule has 102 valence electrons. The van der Waals surface area contributed by atoms with Gasteiger partial charge in [0.25, 0.3) is 0 Å². The van der Waals surface area contributed by atoms with Gasteiger partial charge in [0.2, 0.25) is 6.79 Å². The molecule has 19 heavy (non-hydrogen) atoms. The first-order chi connectivity index (χ1) is 9.03. The predicted octanol–water partition coefficient (Wildman–Crippen LogP) is 1.38. The molecule has 1 aromatic carbocycles. The Bertz CT molecular complexity index is 624. The Kier molecular flexibility index (Phi) is 2.99. The fourth-order valence-electron chi connectivity index (χ4n) is 2.28. The Labute approximate surface area is 112 Å². The molecule has 3 rings (SSSR count). The number of benzene rings is 1. The summed E-state index contributed by atoms with van der Waals surface area (Å²) < 4.78 is 33.3. The summed E-state index contributed by atoms with van der Waals surface area (Å²) in [6.45, 7) is 2.25. The highest BCUT2D eigenvalue weighted by Crippen LogP contribution is 2.34.